The molecule has 1 aliphatic heterocycles. The summed E-state index contributed by atoms with van der Waals surface area (Å²) in [6.45, 7) is 30.3. The number of nitrogens with one attached hydrogen (secondary N) is 1. The minimum atomic E-state index is 0. The van der Waals surface area contributed by atoms with Crippen LogP contribution in [0.2, 0.25) is 0 Å². The van der Waals surface area contributed by atoms with Crippen LogP contribution in [-0.4, -0.2) is 12.1 Å². The first-order chi connectivity index (χ1) is 14.0. The number of hydrogen-bond donors (Lipinski definition) is 1. The molecule has 5 rings (SSSR count). The van der Waals surface area contributed by atoms with Gasteiger partial charge in [-0.2, -0.15) is 0 Å². The predicted octanol–water partition coefficient (Wildman–Crippen LogP) is 9.21. The second-order valence-corrected chi connectivity index (χ2v) is 14.5. The van der Waals surface area contributed by atoms with Crippen molar-refractivity contribution in [3.05, 3.63) is 12.5 Å². The fourth-order valence-corrected chi connectivity index (χ4v) is 6.10. The maximum Gasteiger partial charge on any atom is 0.179 e. The fraction of sp³-hybridized carbons (Fsp3) is 0.933. The lowest BCUT2D eigenvalue weighted by atomic mass is 9.25. The summed E-state index contributed by atoms with van der Waals surface area (Å²) in [6.07, 6.45) is 9.64. The third-order valence-corrected chi connectivity index (χ3v) is 9.07. The Morgan fingerprint density at radius 3 is 1.47 bits per heavy atom. The lowest BCUT2D eigenvalue weighted by molar-refractivity contribution is -0.302. The van der Waals surface area contributed by atoms with Crippen LogP contribution >= 0.6 is 0 Å². The first kappa shape index (κ1) is 29.4. The van der Waals surface area contributed by atoms with Crippen LogP contribution in [0.4, 0.5) is 0 Å². The number of rotatable bonds is 1. The van der Waals surface area contributed by atoms with Gasteiger partial charge in [0.1, 0.15) is 6.61 Å². The van der Waals surface area contributed by atoms with Crippen molar-refractivity contribution in [3.63, 3.8) is 0 Å². The van der Waals surface area contributed by atoms with Gasteiger partial charge in [-0.25, -0.2) is 0 Å². The van der Waals surface area contributed by atoms with Gasteiger partial charge >= 0.3 is 0 Å². The van der Waals surface area contributed by atoms with Crippen LogP contribution in [0.15, 0.2) is 12.5 Å². The van der Waals surface area contributed by atoms with Gasteiger partial charge in [0.05, 0.1) is 5.54 Å². The Bertz CT molecular complexity index is 561. The van der Waals surface area contributed by atoms with E-state index in [2.05, 4.69) is 88.1 Å². The monoisotopic (exact) mass is 449 g/mol. The van der Waals surface area contributed by atoms with Gasteiger partial charge in [0.25, 0.3) is 0 Å². The van der Waals surface area contributed by atoms with E-state index in [1.807, 2.05) is 0 Å². The molecule has 1 spiro atoms. The topological polar surface area (TPSA) is 21.3 Å². The van der Waals surface area contributed by atoms with E-state index in [-0.39, 0.29) is 13.0 Å². The van der Waals surface area contributed by atoms with Gasteiger partial charge in [-0.3, -0.25) is 0 Å². The molecule has 5 aliphatic rings. The van der Waals surface area contributed by atoms with Crippen molar-refractivity contribution in [1.29, 1.82) is 0 Å². The molecular formula is C30H59NO. The highest BCUT2D eigenvalue weighted by atomic mass is 16.5. The standard InChI is InChI=1S/C13H24.C12H21NO.C4H10.CH4/c1-10(2,3)12-7-13(8-12,9-12)11(4,5)6;1-9(2)11-4-6-12(7-5-11)8-14-10(3)13-12;1-4(2)3;/h7-9H2,1-6H3;9,11,13H,3-8H2,1-2H3;4H,1-3H3;1H4. The highest BCUT2D eigenvalue weighted by molar-refractivity contribution is 5.23. The molecule has 190 valence electrons. The Hall–Kier alpha value is -0.660. The molecule has 1 heterocycles. The second kappa shape index (κ2) is 9.91. The predicted molar refractivity (Wildman–Crippen MR) is 143 cm³/mol. The summed E-state index contributed by atoms with van der Waals surface area (Å²) in [4.78, 5) is 0. The molecule has 0 aromatic rings. The highest BCUT2D eigenvalue weighted by Crippen LogP contribution is 2.83. The molecular weight excluding hydrogens is 390 g/mol. The zero-order valence-corrected chi connectivity index (χ0v) is 23.0. The summed E-state index contributed by atoms with van der Waals surface area (Å²) < 4.78 is 5.44. The SMILES string of the molecule is C.C=C1NC2(CCC(C(C)C)CC2)CO1.CC(C)(C)C12CC(C(C)(C)C)(C1)C2.CC(C)C. The minimum Gasteiger partial charge on any atom is -0.477 e. The van der Waals surface area contributed by atoms with Crippen LogP contribution in [0.25, 0.3) is 0 Å². The summed E-state index contributed by atoms with van der Waals surface area (Å²) in [6, 6.07) is 0. The van der Waals surface area contributed by atoms with Gasteiger partial charge < -0.3 is 10.1 Å². The smallest absolute Gasteiger partial charge is 0.179 e. The average Bonchev–Trinajstić information content (AvgIpc) is 2.82. The zero-order valence-electron chi connectivity index (χ0n) is 23.0. The van der Waals surface area contributed by atoms with Crippen LogP contribution in [0, 0.1) is 39.4 Å². The average molecular weight is 450 g/mol. The van der Waals surface area contributed by atoms with Gasteiger partial charge in [-0.05, 0) is 90.9 Å². The molecule has 32 heavy (non-hydrogen) atoms. The molecule has 0 aromatic heterocycles. The van der Waals surface area contributed by atoms with Crippen molar-refractivity contribution in [3.8, 4) is 0 Å². The lowest BCUT2D eigenvalue weighted by Crippen LogP contribution is -2.71. The van der Waals surface area contributed by atoms with E-state index < -0.39 is 0 Å². The Kier molecular flexibility index (Phi) is 9.10. The van der Waals surface area contributed by atoms with Crippen LogP contribution in [-0.2, 0) is 4.74 Å². The molecule has 5 fully saturated rings. The van der Waals surface area contributed by atoms with Crippen molar-refractivity contribution >= 4 is 0 Å². The highest BCUT2D eigenvalue weighted by Gasteiger charge is 2.74. The summed E-state index contributed by atoms with van der Waals surface area (Å²) in [5, 5.41) is 3.41. The van der Waals surface area contributed by atoms with E-state index in [4.69, 9.17) is 4.74 Å². The molecule has 0 amide bonds. The Labute approximate surface area is 202 Å². The van der Waals surface area contributed by atoms with E-state index >= 15 is 0 Å². The number of hydrogen-bond acceptors (Lipinski definition) is 2. The van der Waals surface area contributed by atoms with E-state index in [1.54, 1.807) is 0 Å². The van der Waals surface area contributed by atoms with Gasteiger partial charge in [-0.1, -0.05) is 83.6 Å². The third-order valence-electron chi connectivity index (χ3n) is 9.07. The van der Waals surface area contributed by atoms with Crippen LogP contribution in [0.3, 0.4) is 0 Å². The van der Waals surface area contributed by atoms with Crippen molar-refractivity contribution in [2.45, 2.75) is 134 Å². The maximum atomic E-state index is 5.44. The van der Waals surface area contributed by atoms with E-state index in [0.29, 0.717) is 10.8 Å². The third kappa shape index (κ3) is 6.06. The molecule has 1 saturated heterocycles. The summed E-state index contributed by atoms with van der Waals surface area (Å²) >= 11 is 0. The zero-order chi connectivity index (χ0) is 23.9. The fourth-order valence-electron chi connectivity index (χ4n) is 6.10. The van der Waals surface area contributed by atoms with Crippen LogP contribution in [0.5, 0.6) is 0 Å². The Morgan fingerprint density at radius 2 is 1.22 bits per heavy atom. The molecule has 2 bridgehead atoms. The molecule has 0 aromatic carbocycles. The second-order valence-electron chi connectivity index (χ2n) is 14.5. The molecule has 1 N–H and O–H groups in total. The van der Waals surface area contributed by atoms with Gasteiger partial charge in [0, 0.05) is 0 Å². The normalized spacial score (nSPS) is 35.3. The van der Waals surface area contributed by atoms with E-state index in [9.17, 15) is 0 Å². The lowest BCUT2D eigenvalue weighted by Gasteiger charge is -2.80. The van der Waals surface area contributed by atoms with E-state index in [0.717, 1.165) is 41.1 Å². The molecule has 4 saturated carbocycles. The van der Waals surface area contributed by atoms with Crippen molar-refractivity contribution in [2.75, 3.05) is 6.61 Å². The largest absolute Gasteiger partial charge is 0.477 e. The molecule has 2 heteroatoms. The molecule has 0 atom stereocenters. The summed E-state index contributed by atoms with van der Waals surface area (Å²) in [5.41, 5.74) is 2.77. The first-order valence-corrected chi connectivity index (χ1v) is 13.1. The van der Waals surface area contributed by atoms with Gasteiger partial charge in [0.15, 0.2) is 5.88 Å². The first-order valence-electron chi connectivity index (χ1n) is 13.1. The van der Waals surface area contributed by atoms with Crippen LogP contribution in [0.1, 0.15) is 129 Å². The molecule has 0 unspecified atom stereocenters. The summed E-state index contributed by atoms with van der Waals surface area (Å²) in [5.74, 6) is 3.35. The Morgan fingerprint density at radius 1 is 0.844 bits per heavy atom. The van der Waals surface area contributed by atoms with Crippen LogP contribution < -0.4 is 5.32 Å². The summed E-state index contributed by atoms with van der Waals surface area (Å²) in [7, 11) is 0. The Balaban J connectivity index is 0.000000268. The van der Waals surface area contributed by atoms with Gasteiger partial charge in [-0.15, -0.1) is 0 Å². The molecule has 2 nitrogen and oxygen atoms in total. The molecule has 4 aliphatic carbocycles. The quantitative estimate of drug-likeness (QED) is 0.430. The van der Waals surface area contributed by atoms with E-state index in [1.165, 1.54) is 44.9 Å². The van der Waals surface area contributed by atoms with Gasteiger partial charge in [0.2, 0.25) is 0 Å². The minimum absolute atomic E-state index is 0. The van der Waals surface area contributed by atoms with Crippen molar-refractivity contribution in [1.82, 2.24) is 5.32 Å². The van der Waals surface area contributed by atoms with Crippen molar-refractivity contribution in [2.24, 2.45) is 39.4 Å². The maximum absolute atomic E-state index is 5.44. The molecule has 0 radical (unpaired) electrons. The van der Waals surface area contributed by atoms with Crippen molar-refractivity contribution < 1.29 is 4.74 Å². The number of ether oxygens (including phenoxy) is 1.